The van der Waals surface area contributed by atoms with E-state index < -0.39 is 0 Å². The molecule has 3 heteroatoms. The van der Waals surface area contributed by atoms with Gasteiger partial charge in [-0.3, -0.25) is 4.79 Å². The van der Waals surface area contributed by atoms with Gasteiger partial charge < -0.3 is 0 Å². The molecule has 0 spiro atoms. The number of benzene rings is 1. The van der Waals surface area contributed by atoms with Gasteiger partial charge in [-0.05, 0) is 36.0 Å². The van der Waals surface area contributed by atoms with E-state index in [0.717, 1.165) is 0 Å². The van der Waals surface area contributed by atoms with Gasteiger partial charge in [-0.25, -0.2) is 0 Å². The van der Waals surface area contributed by atoms with Crippen LogP contribution in [0.4, 0.5) is 0 Å². The molecule has 1 aromatic carbocycles. The van der Waals surface area contributed by atoms with Crippen LogP contribution in [-0.2, 0) is 10.2 Å². The monoisotopic (exact) mass is 336 g/mol. The molecule has 1 fully saturated rings. The van der Waals surface area contributed by atoms with Gasteiger partial charge in [0.15, 0.2) is 5.12 Å². The molecule has 0 bridgehead atoms. The first-order valence-electron chi connectivity index (χ1n) is 8.30. The van der Waals surface area contributed by atoms with Crippen LogP contribution in [-0.4, -0.2) is 15.6 Å². The minimum Gasteiger partial charge on any atom is -0.288 e. The van der Waals surface area contributed by atoms with Gasteiger partial charge in [-0.15, -0.1) is 11.8 Å². The van der Waals surface area contributed by atoms with Gasteiger partial charge in [0.2, 0.25) is 0 Å². The predicted molar refractivity (Wildman–Crippen MR) is 99.9 cm³/mol. The van der Waals surface area contributed by atoms with E-state index in [4.69, 9.17) is 0 Å². The SMILES string of the molecule is CC(=O)SC1CCCCCC1Sc1ccc(C(C)(C)C)cc1. The quantitative estimate of drug-likeness (QED) is 0.625. The molecular formula is C19H28OS2. The summed E-state index contributed by atoms with van der Waals surface area (Å²) in [6, 6.07) is 9.02. The molecule has 0 amide bonds. The molecule has 22 heavy (non-hydrogen) atoms. The molecule has 0 aliphatic heterocycles. The molecule has 2 atom stereocenters. The summed E-state index contributed by atoms with van der Waals surface area (Å²) in [4.78, 5) is 12.9. The highest BCUT2D eigenvalue weighted by Gasteiger charge is 2.26. The number of rotatable bonds is 3. The minimum atomic E-state index is 0.207. The van der Waals surface area contributed by atoms with Gasteiger partial charge in [0, 0.05) is 22.3 Å². The average Bonchev–Trinajstić information content (AvgIpc) is 2.64. The summed E-state index contributed by atoms with van der Waals surface area (Å²) in [5, 5.41) is 1.31. The highest BCUT2D eigenvalue weighted by Crippen LogP contribution is 2.39. The van der Waals surface area contributed by atoms with E-state index in [2.05, 4.69) is 45.0 Å². The van der Waals surface area contributed by atoms with Crippen molar-refractivity contribution in [3.8, 4) is 0 Å². The maximum Gasteiger partial charge on any atom is 0.186 e. The number of thioether (sulfide) groups is 2. The van der Waals surface area contributed by atoms with Gasteiger partial charge in [-0.2, -0.15) is 0 Å². The van der Waals surface area contributed by atoms with Gasteiger partial charge >= 0.3 is 0 Å². The summed E-state index contributed by atoms with van der Waals surface area (Å²) in [6.07, 6.45) is 6.30. The van der Waals surface area contributed by atoms with E-state index in [1.54, 1.807) is 18.7 Å². The van der Waals surface area contributed by atoms with E-state index in [9.17, 15) is 4.79 Å². The number of carbonyl (C=O) groups is 1. The minimum absolute atomic E-state index is 0.207. The van der Waals surface area contributed by atoms with Crippen LogP contribution in [0.15, 0.2) is 29.2 Å². The summed E-state index contributed by atoms with van der Waals surface area (Å²) in [5.74, 6) is 0. The van der Waals surface area contributed by atoms with Gasteiger partial charge in [0.25, 0.3) is 0 Å². The normalized spacial score (nSPS) is 23.1. The summed E-state index contributed by atoms with van der Waals surface area (Å²) in [6.45, 7) is 8.45. The lowest BCUT2D eigenvalue weighted by atomic mass is 9.87. The lowest BCUT2D eigenvalue weighted by molar-refractivity contribution is -0.109. The molecule has 2 unspecified atom stereocenters. The third-order valence-corrected chi connectivity index (χ3v) is 7.00. The van der Waals surface area contributed by atoms with Crippen molar-refractivity contribution in [3.05, 3.63) is 29.8 Å². The lowest BCUT2D eigenvalue weighted by Gasteiger charge is -2.24. The van der Waals surface area contributed by atoms with Crippen molar-refractivity contribution in [2.75, 3.05) is 0 Å². The van der Waals surface area contributed by atoms with E-state index in [-0.39, 0.29) is 10.5 Å². The Morgan fingerprint density at radius 1 is 1.00 bits per heavy atom. The van der Waals surface area contributed by atoms with Crippen molar-refractivity contribution in [1.82, 2.24) is 0 Å². The number of hydrogen-bond donors (Lipinski definition) is 0. The first-order chi connectivity index (χ1) is 10.4. The fraction of sp³-hybridized carbons (Fsp3) is 0.632. The van der Waals surface area contributed by atoms with Gasteiger partial charge in [0.05, 0.1) is 0 Å². The molecule has 0 N–H and O–H groups in total. The van der Waals surface area contributed by atoms with Crippen molar-refractivity contribution < 1.29 is 4.79 Å². The Kier molecular flexibility index (Phi) is 6.46. The van der Waals surface area contributed by atoms with E-state index >= 15 is 0 Å². The highest BCUT2D eigenvalue weighted by molar-refractivity contribution is 8.15. The summed E-state index contributed by atoms with van der Waals surface area (Å²) < 4.78 is 0. The zero-order valence-electron chi connectivity index (χ0n) is 14.2. The maximum atomic E-state index is 11.5. The van der Waals surface area contributed by atoms with E-state index in [0.29, 0.717) is 10.5 Å². The molecule has 1 nitrogen and oxygen atoms in total. The summed E-state index contributed by atoms with van der Waals surface area (Å²) in [5.41, 5.74) is 1.59. The zero-order valence-corrected chi connectivity index (χ0v) is 15.9. The zero-order chi connectivity index (χ0) is 16.2. The Morgan fingerprint density at radius 3 is 2.14 bits per heavy atom. The molecule has 0 radical (unpaired) electrons. The number of carbonyl (C=O) groups excluding carboxylic acids is 1. The molecule has 2 rings (SSSR count). The van der Waals surface area contributed by atoms with Crippen LogP contribution in [0.5, 0.6) is 0 Å². The Hall–Kier alpha value is -0.410. The van der Waals surface area contributed by atoms with Crippen LogP contribution in [0.25, 0.3) is 0 Å². The predicted octanol–water partition coefficient (Wildman–Crippen LogP) is 6.06. The average molecular weight is 337 g/mol. The first-order valence-corrected chi connectivity index (χ1v) is 10.1. The molecular weight excluding hydrogens is 308 g/mol. The largest absolute Gasteiger partial charge is 0.288 e. The fourth-order valence-electron chi connectivity index (χ4n) is 2.93. The molecule has 0 saturated heterocycles. The fourth-order valence-corrected chi connectivity index (χ4v) is 5.48. The Labute approximate surface area is 144 Å². The Balaban J connectivity index is 2.07. The van der Waals surface area contributed by atoms with Crippen LogP contribution in [0.1, 0.15) is 65.4 Å². The number of hydrogen-bond acceptors (Lipinski definition) is 3. The maximum absolute atomic E-state index is 11.5. The standard InChI is InChI=1S/C19H28OS2/c1-14(20)21-17-8-6-5-7-9-18(17)22-16-12-10-15(11-13-16)19(2,3)4/h10-13,17-18H,5-9H2,1-4H3. The van der Waals surface area contributed by atoms with E-state index in [1.165, 1.54) is 42.6 Å². The lowest BCUT2D eigenvalue weighted by Crippen LogP contribution is -2.20. The molecule has 1 aliphatic carbocycles. The van der Waals surface area contributed by atoms with Crippen molar-refractivity contribution in [2.45, 2.75) is 80.6 Å². The molecule has 1 aromatic rings. The van der Waals surface area contributed by atoms with Gasteiger partial charge in [0.1, 0.15) is 0 Å². The highest BCUT2D eigenvalue weighted by atomic mass is 32.2. The second kappa shape index (κ2) is 7.92. The summed E-state index contributed by atoms with van der Waals surface area (Å²) in [7, 11) is 0. The third-order valence-electron chi connectivity index (χ3n) is 4.22. The molecule has 0 heterocycles. The van der Waals surface area contributed by atoms with Crippen molar-refractivity contribution >= 4 is 28.6 Å². The third kappa shape index (κ3) is 5.34. The van der Waals surface area contributed by atoms with Gasteiger partial charge in [-0.1, -0.05) is 63.9 Å². The second-order valence-corrected chi connectivity index (χ2v) is 9.95. The van der Waals surface area contributed by atoms with Crippen LogP contribution in [0.3, 0.4) is 0 Å². The van der Waals surface area contributed by atoms with Crippen molar-refractivity contribution in [1.29, 1.82) is 0 Å². The van der Waals surface area contributed by atoms with Crippen LogP contribution in [0, 0.1) is 0 Å². The van der Waals surface area contributed by atoms with Crippen LogP contribution in [0.2, 0.25) is 0 Å². The molecule has 0 aromatic heterocycles. The smallest absolute Gasteiger partial charge is 0.186 e. The first kappa shape index (κ1) is 17.9. The molecule has 1 saturated carbocycles. The molecule has 122 valence electrons. The van der Waals surface area contributed by atoms with Crippen LogP contribution < -0.4 is 0 Å². The Bertz CT molecular complexity index is 487. The van der Waals surface area contributed by atoms with E-state index in [1.807, 2.05) is 11.8 Å². The Morgan fingerprint density at radius 2 is 1.59 bits per heavy atom. The topological polar surface area (TPSA) is 17.1 Å². The summed E-state index contributed by atoms with van der Waals surface area (Å²) >= 11 is 3.54. The van der Waals surface area contributed by atoms with Crippen molar-refractivity contribution in [2.24, 2.45) is 0 Å². The second-order valence-electron chi connectivity index (χ2n) is 7.22. The van der Waals surface area contributed by atoms with Crippen molar-refractivity contribution in [3.63, 3.8) is 0 Å². The van der Waals surface area contributed by atoms with Crippen LogP contribution >= 0.6 is 23.5 Å². The molecule has 1 aliphatic rings.